The summed E-state index contributed by atoms with van der Waals surface area (Å²) in [6, 6.07) is 8.27. The van der Waals surface area contributed by atoms with E-state index in [2.05, 4.69) is 18.0 Å². The number of likely N-dealkylation sites (N-methyl/N-ethyl adjacent to an activating group) is 1. The Morgan fingerprint density at radius 2 is 2.00 bits per heavy atom. The summed E-state index contributed by atoms with van der Waals surface area (Å²) in [5, 5.41) is 0. The lowest BCUT2D eigenvalue weighted by molar-refractivity contribution is 0.302. The van der Waals surface area contributed by atoms with Crippen LogP contribution in [0.25, 0.3) is 0 Å². The van der Waals surface area contributed by atoms with E-state index in [0.29, 0.717) is 0 Å². The molecule has 0 amide bonds. The molecule has 0 bridgehead atoms. The molecule has 1 unspecified atom stereocenters. The fraction of sp³-hybridized carbons (Fsp3) is 0.500. The maximum atomic E-state index is 5.74. The molecular weight excluding hydrogens is 224 g/mol. The minimum Gasteiger partial charge on any atom is -0.496 e. The number of para-hydroxylation sites is 1. The molecule has 1 aromatic carbocycles. The van der Waals surface area contributed by atoms with E-state index in [1.165, 1.54) is 5.56 Å². The smallest absolute Gasteiger partial charge is 0.123 e. The molecule has 0 spiro atoms. The quantitative estimate of drug-likeness (QED) is 0.860. The molecule has 3 nitrogen and oxygen atoms in total. The predicted octanol–water partition coefficient (Wildman–Crippen LogP) is 1.90. The van der Waals surface area contributed by atoms with Gasteiger partial charge in [0.15, 0.2) is 0 Å². The SMILES string of the molecule is COc1ccccc1CN(C)CC(C)N.Cl. The van der Waals surface area contributed by atoms with E-state index < -0.39 is 0 Å². The molecule has 1 atom stereocenters. The van der Waals surface area contributed by atoms with Gasteiger partial charge < -0.3 is 15.4 Å². The zero-order chi connectivity index (χ0) is 11.3. The summed E-state index contributed by atoms with van der Waals surface area (Å²) < 4.78 is 5.29. The minimum atomic E-state index is 0. The first-order chi connectivity index (χ1) is 7.13. The van der Waals surface area contributed by atoms with Crippen LogP contribution in [0.5, 0.6) is 5.75 Å². The van der Waals surface area contributed by atoms with Gasteiger partial charge in [-0.15, -0.1) is 12.4 Å². The number of rotatable bonds is 5. The lowest BCUT2D eigenvalue weighted by Crippen LogP contribution is -2.32. The molecule has 92 valence electrons. The van der Waals surface area contributed by atoms with E-state index in [1.54, 1.807) is 7.11 Å². The predicted molar refractivity (Wildman–Crippen MR) is 70.2 cm³/mol. The number of nitrogens with zero attached hydrogens (tertiary/aromatic N) is 1. The van der Waals surface area contributed by atoms with Crippen LogP contribution in [-0.2, 0) is 6.54 Å². The van der Waals surface area contributed by atoms with Crippen LogP contribution >= 0.6 is 12.4 Å². The molecule has 0 aliphatic carbocycles. The maximum absolute atomic E-state index is 5.74. The number of nitrogens with two attached hydrogens (primary N) is 1. The van der Waals surface area contributed by atoms with Crippen LogP contribution in [0, 0.1) is 0 Å². The van der Waals surface area contributed by atoms with Crippen LogP contribution in [0.4, 0.5) is 0 Å². The average Bonchev–Trinajstić information content (AvgIpc) is 2.17. The van der Waals surface area contributed by atoms with Gasteiger partial charge in [0.05, 0.1) is 7.11 Å². The van der Waals surface area contributed by atoms with Gasteiger partial charge in [0.25, 0.3) is 0 Å². The number of halogens is 1. The van der Waals surface area contributed by atoms with E-state index in [4.69, 9.17) is 10.5 Å². The highest BCUT2D eigenvalue weighted by molar-refractivity contribution is 5.85. The maximum Gasteiger partial charge on any atom is 0.123 e. The average molecular weight is 245 g/mol. The van der Waals surface area contributed by atoms with Gasteiger partial charge >= 0.3 is 0 Å². The van der Waals surface area contributed by atoms with E-state index >= 15 is 0 Å². The largest absolute Gasteiger partial charge is 0.496 e. The Bertz CT molecular complexity index is 305. The fourth-order valence-corrected chi connectivity index (χ4v) is 1.68. The van der Waals surface area contributed by atoms with Crippen LogP contribution in [0.2, 0.25) is 0 Å². The van der Waals surface area contributed by atoms with Crippen LogP contribution in [0.1, 0.15) is 12.5 Å². The molecule has 0 saturated heterocycles. The Kier molecular flexibility index (Phi) is 7.13. The third-order valence-corrected chi connectivity index (χ3v) is 2.23. The zero-order valence-electron chi connectivity index (χ0n) is 10.1. The van der Waals surface area contributed by atoms with Gasteiger partial charge in [-0.3, -0.25) is 0 Å². The van der Waals surface area contributed by atoms with Crippen molar-refractivity contribution in [3.05, 3.63) is 29.8 Å². The lowest BCUT2D eigenvalue weighted by atomic mass is 10.2. The number of hydrogen-bond acceptors (Lipinski definition) is 3. The highest BCUT2D eigenvalue weighted by Crippen LogP contribution is 2.18. The monoisotopic (exact) mass is 244 g/mol. The Morgan fingerprint density at radius 3 is 2.56 bits per heavy atom. The van der Waals surface area contributed by atoms with Crippen molar-refractivity contribution in [3.63, 3.8) is 0 Å². The molecule has 16 heavy (non-hydrogen) atoms. The Morgan fingerprint density at radius 1 is 1.38 bits per heavy atom. The Labute approximate surface area is 104 Å². The summed E-state index contributed by atoms with van der Waals surface area (Å²) >= 11 is 0. The van der Waals surface area contributed by atoms with Crippen LogP contribution in [0.15, 0.2) is 24.3 Å². The summed E-state index contributed by atoms with van der Waals surface area (Å²) in [6.07, 6.45) is 0. The second kappa shape index (κ2) is 7.49. The topological polar surface area (TPSA) is 38.5 Å². The molecule has 0 aliphatic heterocycles. The van der Waals surface area contributed by atoms with E-state index in [-0.39, 0.29) is 18.4 Å². The fourth-order valence-electron chi connectivity index (χ4n) is 1.68. The van der Waals surface area contributed by atoms with Gasteiger partial charge in [-0.2, -0.15) is 0 Å². The van der Waals surface area contributed by atoms with Gasteiger partial charge in [0.2, 0.25) is 0 Å². The molecule has 2 N–H and O–H groups in total. The first-order valence-corrected chi connectivity index (χ1v) is 5.19. The van der Waals surface area contributed by atoms with Crippen molar-refractivity contribution >= 4 is 12.4 Å². The Hall–Kier alpha value is -0.770. The van der Waals surface area contributed by atoms with Crippen molar-refractivity contribution < 1.29 is 4.74 Å². The van der Waals surface area contributed by atoms with E-state index in [0.717, 1.165) is 18.8 Å². The molecule has 0 aliphatic rings. The summed E-state index contributed by atoms with van der Waals surface area (Å²) in [4.78, 5) is 2.20. The van der Waals surface area contributed by atoms with Gasteiger partial charge in [0, 0.05) is 24.7 Å². The number of hydrogen-bond donors (Lipinski definition) is 1. The van der Waals surface area contributed by atoms with E-state index in [1.807, 2.05) is 25.1 Å². The minimum absolute atomic E-state index is 0. The van der Waals surface area contributed by atoms with Gasteiger partial charge in [-0.05, 0) is 20.0 Å². The number of methoxy groups -OCH3 is 1. The molecule has 0 saturated carbocycles. The molecular formula is C12H21ClN2O. The van der Waals surface area contributed by atoms with Gasteiger partial charge in [-0.25, -0.2) is 0 Å². The second-order valence-corrected chi connectivity index (χ2v) is 3.99. The molecule has 1 aromatic rings. The third kappa shape index (κ3) is 4.84. The van der Waals surface area contributed by atoms with Crippen molar-refractivity contribution in [1.29, 1.82) is 0 Å². The van der Waals surface area contributed by atoms with Crippen LogP contribution in [0.3, 0.4) is 0 Å². The third-order valence-electron chi connectivity index (χ3n) is 2.23. The highest BCUT2D eigenvalue weighted by atomic mass is 35.5. The molecule has 1 rings (SSSR count). The van der Waals surface area contributed by atoms with E-state index in [9.17, 15) is 0 Å². The van der Waals surface area contributed by atoms with Crippen molar-refractivity contribution in [1.82, 2.24) is 4.90 Å². The first-order valence-electron chi connectivity index (χ1n) is 5.19. The van der Waals surface area contributed by atoms with Crippen molar-refractivity contribution in [2.75, 3.05) is 20.7 Å². The molecule has 0 aromatic heterocycles. The van der Waals surface area contributed by atoms with Crippen molar-refractivity contribution in [2.24, 2.45) is 5.73 Å². The molecule has 0 heterocycles. The van der Waals surface area contributed by atoms with Crippen LogP contribution in [-0.4, -0.2) is 31.6 Å². The van der Waals surface area contributed by atoms with Crippen LogP contribution < -0.4 is 10.5 Å². The second-order valence-electron chi connectivity index (χ2n) is 3.99. The van der Waals surface area contributed by atoms with Gasteiger partial charge in [-0.1, -0.05) is 18.2 Å². The lowest BCUT2D eigenvalue weighted by Gasteiger charge is -2.20. The normalized spacial score (nSPS) is 12.1. The number of benzene rings is 1. The molecule has 4 heteroatoms. The van der Waals surface area contributed by atoms with Crippen molar-refractivity contribution in [3.8, 4) is 5.75 Å². The zero-order valence-corrected chi connectivity index (χ0v) is 11.0. The summed E-state index contributed by atoms with van der Waals surface area (Å²) in [7, 11) is 3.76. The standard InChI is InChI=1S/C12H20N2O.ClH/c1-10(13)8-14(2)9-11-6-4-5-7-12(11)15-3;/h4-7,10H,8-9,13H2,1-3H3;1H. The summed E-state index contributed by atoms with van der Waals surface area (Å²) in [5.74, 6) is 0.939. The molecule has 0 fully saturated rings. The highest BCUT2D eigenvalue weighted by Gasteiger charge is 2.06. The first kappa shape index (κ1) is 15.2. The number of ether oxygens (including phenoxy) is 1. The Balaban J connectivity index is 0.00000225. The molecule has 0 radical (unpaired) electrons. The summed E-state index contributed by atoms with van der Waals surface area (Å²) in [6.45, 7) is 3.77. The van der Waals surface area contributed by atoms with Gasteiger partial charge in [0.1, 0.15) is 5.75 Å². The van der Waals surface area contributed by atoms with Crippen molar-refractivity contribution in [2.45, 2.75) is 19.5 Å². The summed E-state index contributed by atoms with van der Waals surface area (Å²) in [5.41, 5.74) is 6.94.